The molecule has 1 aliphatic rings. The largest absolute Gasteiger partial charge is 0.379 e. The monoisotopic (exact) mass is 298 g/mol. The van der Waals surface area contributed by atoms with E-state index in [-0.39, 0.29) is 0 Å². The molecule has 22 heavy (non-hydrogen) atoms. The van der Waals surface area contributed by atoms with Crippen LogP contribution >= 0.6 is 0 Å². The molecule has 0 bridgehead atoms. The van der Waals surface area contributed by atoms with Crippen molar-refractivity contribution < 1.29 is 4.74 Å². The average Bonchev–Trinajstić information content (AvgIpc) is 2.98. The summed E-state index contributed by atoms with van der Waals surface area (Å²) in [5.41, 5.74) is 3.48. The Bertz CT molecular complexity index is 612. The maximum atomic E-state index is 5.38. The highest BCUT2D eigenvalue weighted by Crippen LogP contribution is 2.10. The fourth-order valence-electron chi connectivity index (χ4n) is 2.59. The Morgan fingerprint density at radius 2 is 1.77 bits per heavy atom. The van der Waals surface area contributed by atoms with E-state index in [1.807, 2.05) is 30.0 Å². The summed E-state index contributed by atoms with van der Waals surface area (Å²) in [7, 11) is 0. The Kier molecular flexibility index (Phi) is 4.98. The highest BCUT2D eigenvalue weighted by molar-refractivity contribution is 5.41. The maximum absolute atomic E-state index is 5.38. The number of rotatable bonds is 5. The second-order valence-electron chi connectivity index (χ2n) is 5.55. The molecule has 1 aromatic carbocycles. The topological polar surface area (TPSA) is 43.2 Å². The molecular weight excluding hydrogens is 276 g/mol. The van der Waals surface area contributed by atoms with Gasteiger partial charge in [0.25, 0.3) is 0 Å². The molecule has 1 saturated heterocycles. The summed E-state index contributed by atoms with van der Waals surface area (Å²) in [4.78, 5) is 2.43. The predicted molar refractivity (Wildman–Crippen MR) is 86.4 cm³/mol. The Morgan fingerprint density at radius 3 is 2.45 bits per heavy atom. The molecule has 3 rings (SSSR count). The quantitative estimate of drug-likeness (QED) is 0.849. The zero-order chi connectivity index (χ0) is 15.2. The summed E-state index contributed by atoms with van der Waals surface area (Å²) in [5, 5.41) is 8.24. The van der Waals surface area contributed by atoms with Gasteiger partial charge in [-0.2, -0.15) is 0 Å². The van der Waals surface area contributed by atoms with Crippen LogP contribution in [-0.4, -0.2) is 46.2 Å². The molecule has 1 aromatic heterocycles. The average molecular weight is 298 g/mol. The normalized spacial score (nSPS) is 16.4. The number of ether oxygens (including phenoxy) is 1. The number of nitrogens with zero attached hydrogens (tertiary/aromatic N) is 4. The lowest BCUT2D eigenvalue weighted by atomic mass is 10.1. The fraction of sp³-hybridized carbons (Fsp3) is 0.412. The second kappa shape index (κ2) is 7.33. The molecule has 5 nitrogen and oxygen atoms in total. The lowest BCUT2D eigenvalue weighted by molar-refractivity contribution is 0.0342. The predicted octanol–water partition coefficient (Wildman–Crippen LogP) is 2.19. The van der Waals surface area contributed by atoms with Crippen LogP contribution in [0.3, 0.4) is 0 Å². The SMILES string of the molecule is C/C=C/c1cn(Cc2ccc(CN3CCOCC3)cc2)nn1. The third-order valence-corrected chi connectivity index (χ3v) is 3.77. The van der Waals surface area contributed by atoms with E-state index in [1.165, 1.54) is 11.1 Å². The smallest absolute Gasteiger partial charge is 0.105 e. The summed E-state index contributed by atoms with van der Waals surface area (Å²) in [6.07, 6.45) is 5.88. The zero-order valence-corrected chi connectivity index (χ0v) is 13.0. The minimum atomic E-state index is 0.752. The Morgan fingerprint density at radius 1 is 1.09 bits per heavy atom. The second-order valence-corrected chi connectivity index (χ2v) is 5.55. The van der Waals surface area contributed by atoms with E-state index >= 15 is 0 Å². The van der Waals surface area contributed by atoms with Crippen LogP contribution in [0, 0.1) is 0 Å². The highest BCUT2D eigenvalue weighted by Gasteiger charge is 2.10. The molecule has 0 saturated carbocycles. The van der Waals surface area contributed by atoms with E-state index < -0.39 is 0 Å². The molecule has 0 spiro atoms. The minimum absolute atomic E-state index is 0.752. The minimum Gasteiger partial charge on any atom is -0.379 e. The van der Waals surface area contributed by atoms with Crippen molar-refractivity contribution in [2.45, 2.75) is 20.0 Å². The van der Waals surface area contributed by atoms with Crippen molar-refractivity contribution in [2.75, 3.05) is 26.3 Å². The van der Waals surface area contributed by atoms with Crippen molar-refractivity contribution in [3.05, 3.63) is 53.4 Å². The van der Waals surface area contributed by atoms with Crippen LogP contribution < -0.4 is 0 Å². The van der Waals surface area contributed by atoms with Gasteiger partial charge >= 0.3 is 0 Å². The van der Waals surface area contributed by atoms with Crippen LogP contribution in [0.1, 0.15) is 23.7 Å². The Hall–Kier alpha value is -1.98. The van der Waals surface area contributed by atoms with Crippen LogP contribution in [0.25, 0.3) is 6.08 Å². The van der Waals surface area contributed by atoms with E-state index in [2.05, 4.69) is 39.5 Å². The van der Waals surface area contributed by atoms with Gasteiger partial charge in [0.15, 0.2) is 0 Å². The lowest BCUT2D eigenvalue weighted by Crippen LogP contribution is -2.35. The molecular formula is C17H22N4O. The standard InChI is InChI=1S/C17H22N4O/c1-2-3-17-14-21(19-18-17)13-16-6-4-15(5-7-16)12-20-8-10-22-11-9-20/h2-7,14H,8-13H2,1H3/b3-2+. The molecule has 0 radical (unpaired) electrons. The first-order valence-corrected chi connectivity index (χ1v) is 7.74. The summed E-state index contributed by atoms with van der Waals surface area (Å²) in [6, 6.07) is 8.75. The van der Waals surface area contributed by atoms with Crippen molar-refractivity contribution >= 4 is 6.08 Å². The maximum Gasteiger partial charge on any atom is 0.105 e. The molecule has 0 atom stereocenters. The zero-order valence-electron chi connectivity index (χ0n) is 13.0. The number of morpholine rings is 1. The van der Waals surface area contributed by atoms with E-state index in [4.69, 9.17) is 4.74 Å². The highest BCUT2D eigenvalue weighted by atomic mass is 16.5. The first-order chi connectivity index (χ1) is 10.8. The number of benzene rings is 1. The van der Waals surface area contributed by atoms with Crippen LogP contribution in [0.5, 0.6) is 0 Å². The van der Waals surface area contributed by atoms with Crippen molar-refractivity contribution in [1.82, 2.24) is 19.9 Å². The van der Waals surface area contributed by atoms with Crippen LogP contribution in [0.2, 0.25) is 0 Å². The van der Waals surface area contributed by atoms with Crippen molar-refractivity contribution in [1.29, 1.82) is 0 Å². The summed E-state index contributed by atoms with van der Waals surface area (Å²) in [6.45, 7) is 7.47. The molecule has 116 valence electrons. The number of allylic oxidation sites excluding steroid dienone is 1. The van der Waals surface area contributed by atoms with E-state index in [0.717, 1.165) is 45.1 Å². The molecule has 1 fully saturated rings. The van der Waals surface area contributed by atoms with E-state index in [1.54, 1.807) is 0 Å². The van der Waals surface area contributed by atoms with Gasteiger partial charge in [0.05, 0.1) is 26.0 Å². The van der Waals surface area contributed by atoms with Crippen LogP contribution in [-0.2, 0) is 17.8 Å². The first-order valence-electron chi connectivity index (χ1n) is 7.74. The van der Waals surface area contributed by atoms with Crippen molar-refractivity contribution in [3.8, 4) is 0 Å². The third-order valence-electron chi connectivity index (χ3n) is 3.77. The van der Waals surface area contributed by atoms with Gasteiger partial charge in [-0.25, -0.2) is 4.68 Å². The molecule has 5 heteroatoms. The molecule has 0 unspecified atom stereocenters. The molecule has 0 N–H and O–H groups in total. The number of aromatic nitrogens is 3. The van der Waals surface area contributed by atoms with E-state index in [0.29, 0.717) is 0 Å². The van der Waals surface area contributed by atoms with Gasteiger partial charge in [0.1, 0.15) is 5.69 Å². The summed E-state index contributed by atoms with van der Waals surface area (Å²) < 4.78 is 7.25. The van der Waals surface area contributed by atoms with Gasteiger partial charge in [-0.3, -0.25) is 4.90 Å². The van der Waals surface area contributed by atoms with Gasteiger partial charge in [0.2, 0.25) is 0 Å². The van der Waals surface area contributed by atoms with E-state index in [9.17, 15) is 0 Å². The Balaban J connectivity index is 1.58. The van der Waals surface area contributed by atoms with Crippen LogP contribution in [0.4, 0.5) is 0 Å². The van der Waals surface area contributed by atoms with Crippen molar-refractivity contribution in [2.24, 2.45) is 0 Å². The van der Waals surface area contributed by atoms with Gasteiger partial charge in [-0.05, 0) is 24.1 Å². The molecule has 2 heterocycles. The lowest BCUT2D eigenvalue weighted by Gasteiger charge is -2.26. The third kappa shape index (κ3) is 4.02. The summed E-state index contributed by atoms with van der Waals surface area (Å²) >= 11 is 0. The summed E-state index contributed by atoms with van der Waals surface area (Å²) in [5.74, 6) is 0. The van der Waals surface area contributed by atoms with Crippen LogP contribution in [0.15, 0.2) is 36.5 Å². The van der Waals surface area contributed by atoms with Gasteiger partial charge in [0, 0.05) is 19.6 Å². The fourth-order valence-corrected chi connectivity index (χ4v) is 2.59. The molecule has 0 aliphatic carbocycles. The molecule has 1 aliphatic heterocycles. The molecule has 2 aromatic rings. The van der Waals surface area contributed by atoms with Gasteiger partial charge < -0.3 is 4.74 Å². The van der Waals surface area contributed by atoms with Gasteiger partial charge in [-0.1, -0.05) is 35.6 Å². The van der Waals surface area contributed by atoms with Crippen molar-refractivity contribution in [3.63, 3.8) is 0 Å². The first kappa shape index (κ1) is 14.9. The number of hydrogen-bond acceptors (Lipinski definition) is 4. The number of hydrogen-bond donors (Lipinski definition) is 0. The Labute approximate surface area is 131 Å². The molecule has 0 amide bonds. The van der Waals surface area contributed by atoms with Gasteiger partial charge in [-0.15, -0.1) is 5.10 Å².